The maximum Gasteiger partial charge on any atom is 0.227 e. The summed E-state index contributed by atoms with van der Waals surface area (Å²) in [5.74, 6) is 1.52. The van der Waals surface area contributed by atoms with Gasteiger partial charge in [0, 0.05) is 38.3 Å². The van der Waals surface area contributed by atoms with E-state index >= 15 is 0 Å². The molecule has 2 N–H and O–H groups in total. The lowest BCUT2D eigenvalue weighted by Crippen LogP contribution is -2.43. The molecule has 1 aromatic carbocycles. The normalized spacial score (nSPS) is 20.2. The molecule has 1 saturated heterocycles. The van der Waals surface area contributed by atoms with Gasteiger partial charge in [0.2, 0.25) is 5.91 Å². The number of halogens is 1. The molecule has 138 valence electrons. The predicted molar refractivity (Wildman–Crippen MR) is 114 cm³/mol. The van der Waals surface area contributed by atoms with Crippen molar-refractivity contribution in [2.75, 3.05) is 31.1 Å². The molecule has 0 spiro atoms. The van der Waals surface area contributed by atoms with Crippen molar-refractivity contribution >= 4 is 41.5 Å². The number of nitrogens with two attached hydrogens (primary N) is 1. The molecule has 1 atom stereocenters. The van der Waals surface area contributed by atoms with Gasteiger partial charge in [-0.2, -0.15) is 0 Å². The molecule has 0 radical (unpaired) electrons. The van der Waals surface area contributed by atoms with Crippen LogP contribution in [0.1, 0.15) is 38.2 Å². The number of aliphatic imine (C=N–C) groups is 1. The Bertz CT molecular complexity index is 619. The number of likely N-dealkylation sites (tertiary alicyclic amines) is 1. The molecule has 1 unspecified atom stereocenters. The third-order valence-electron chi connectivity index (χ3n) is 4.99. The summed E-state index contributed by atoms with van der Waals surface area (Å²) in [6.45, 7) is 5.68. The van der Waals surface area contributed by atoms with Crippen LogP contribution in [0.15, 0.2) is 29.3 Å². The van der Waals surface area contributed by atoms with Crippen LogP contribution in [-0.4, -0.2) is 42.9 Å². The lowest BCUT2D eigenvalue weighted by molar-refractivity contribution is -0.118. The first-order chi connectivity index (χ1) is 11.6. The van der Waals surface area contributed by atoms with Crippen molar-refractivity contribution in [1.82, 2.24) is 4.90 Å². The number of rotatable bonds is 4. The number of anilines is 1. The van der Waals surface area contributed by atoms with E-state index < -0.39 is 0 Å². The second kappa shape index (κ2) is 9.40. The van der Waals surface area contributed by atoms with E-state index in [1.165, 1.54) is 18.4 Å². The lowest BCUT2D eigenvalue weighted by Gasteiger charge is -2.31. The number of fused-ring (bicyclic) bond motifs is 1. The molecule has 0 bridgehead atoms. The van der Waals surface area contributed by atoms with Gasteiger partial charge in [0.25, 0.3) is 0 Å². The van der Waals surface area contributed by atoms with Gasteiger partial charge in [0.1, 0.15) is 0 Å². The topological polar surface area (TPSA) is 61.9 Å². The standard InChI is InChI=1S/C19H28N4O.HI/c1-15-6-5-12-22(14-15)19(20)21-11-4-9-18(24)23-13-10-16-7-2-3-8-17(16)23;/h2-3,7-8,15H,4-6,9-14H2,1H3,(H2,20,21);1H. The van der Waals surface area contributed by atoms with Crippen LogP contribution in [0.3, 0.4) is 0 Å². The average Bonchev–Trinajstić information content (AvgIpc) is 3.02. The number of carbonyl (C=O) groups is 1. The highest BCUT2D eigenvalue weighted by Crippen LogP contribution is 2.28. The van der Waals surface area contributed by atoms with Crippen LogP contribution in [0.5, 0.6) is 0 Å². The van der Waals surface area contributed by atoms with Crippen LogP contribution in [-0.2, 0) is 11.2 Å². The largest absolute Gasteiger partial charge is 0.370 e. The average molecular weight is 456 g/mol. The molecular formula is C19H29IN4O. The third kappa shape index (κ3) is 5.09. The quantitative estimate of drug-likeness (QED) is 0.328. The summed E-state index contributed by atoms with van der Waals surface area (Å²) < 4.78 is 0. The molecule has 1 aromatic rings. The van der Waals surface area contributed by atoms with Crippen molar-refractivity contribution in [3.05, 3.63) is 29.8 Å². The second-order valence-electron chi connectivity index (χ2n) is 6.96. The van der Waals surface area contributed by atoms with Gasteiger partial charge < -0.3 is 15.5 Å². The smallest absolute Gasteiger partial charge is 0.227 e. The maximum absolute atomic E-state index is 12.4. The van der Waals surface area contributed by atoms with Gasteiger partial charge >= 0.3 is 0 Å². The van der Waals surface area contributed by atoms with E-state index in [9.17, 15) is 4.79 Å². The highest BCUT2D eigenvalue weighted by Gasteiger charge is 2.23. The Balaban J connectivity index is 0.00000225. The van der Waals surface area contributed by atoms with E-state index in [2.05, 4.69) is 22.9 Å². The number of hydrogen-bond donors (Lipinski definition) is 1. The molecule has 6 heteroatoms. The SMILES string of the molecule is CC1CCCN(C(N)=NCCCC(=O)N2CCc3ccccc32)C1.I. The van der Waals surface area contributed by atoms with Crippen LogP contribution < -0.4 is 10.6 Å². The number of para-hydroxylation sites is 1. The van der Waals surface area contributed by atoms with E-state index in [1.54, 1.807) is 0 Å². The molecule has 1 amide bonds. The Kier molecular flexibility index (Phi) is 7.53. The van der Waals surface area contributed by atoms with Gasteiger partial charge in [-0.05, 0) is 43.2 Å². The number of piperidine rings is 1. The van der Waals surface area contributed by atoms with Crippen LogP contribution in [0.2, 0.25) is 0 Å². The molecule has 2 heterocycles. The minimum absolute atomic E-state index is 0. The van der Waals surface area contributed by atoms with E-state index in [-0.39, 0.29) is 29.9 Å². The second-order valence-corrected chi connectivity index (χ2v) is 6.96. The minimum atomic E-state index is 0. The van der Waals surface area contributed by atoms with E-state index in [0.717, 1.165) is 38.2 Å². The Morgan fingerprint density at radius 2 is 2.12 bits per heavy atom. The maximum atomic E-state index is 12.4. The highest BCUT2D eigenvalue weighted by molar-refractivity contribution is 14.0. The first-order valence-electron chi connectivity index (χ1n) is 9.08. The number of benzene rings is 1. The van der Waals surface area contributed by atoms with Crippen molar-refractivity contribution in [1.29, 1.82) is 0 Å². The summed E-state index contributed by atoms with van der Waals surface area (Å²) in [6, 6.07) is 8.17. The van der Waals surface area contributed by atoms with Gasteiger partial charge in [-0.25, -0.2) is 0 Å². The van der Waals surface area contributed by atoms with Crippen molar-refractivity contribution in [3.63, 3.8) is 0 Å². The molecule has 2 aliphatic heterocycles. The third-order valence-corrected chi connectivity index (χ3v) is 4.99. The summed E-state index contributed by atoms with van der Waals surface area (Å²) in [5.41, 5.74) is 8.44. The van der Waals surface area contributed by atoms with E-state index in [4.69, 9.17) is 5.73 Å². The molecular weight excluding hydrogens is 427 g/mol. The number of carbonyl (C=O) groups excluding carboxylic acids is 1. The molecule has 5 nitrogen and oxygen atoms in total. The van der Waals surface area contributed by atoms with Crippen LogP contribution in [0, 0.1) is 5.92 Å². The van der Waals surface area contributed by atoms with Crippen molar-refractivity contribution in [3.8, 4) is 0 Å². The summed E-state index contributed by atoms with van der Waals surface area (Å²) in [5, 5.41) is 0. The molecule has 25 heavy (non-hydrogen) atoms. The first-order valence-corrected chi connectivity index (χ1v) is 9.08. The van der Waals surface area contributed by atoms with Crippen molar-refractivity contribution in [2.45, 2.75) is 39.0 Å². The number of hydrogen-bond acceptors (Lipinski definition) is 2. The van der Waals surface area contributed by atoms with E-state index in [0.29, 0.717) is 24.8 Å². The molecule has 0 aromatic heterocycles. The fraction of sp³-hybridized carbons (Fsp3) is 0.579. The Morgan fingerprint density at radius 1 is 1.32 bits per heavy atom. The zero-order chi connectivity index (χ0) is 16.9. The first kappa shape index (κ1) is 20.0. The van der Waals surface area contributed by atoms with Crippen LogP contribution >= 0.6 is 24.0 Å². The highest BCUT2D eigenvalue weighted by atomic mass is 127. The summed E-state index contributed by atoms with van der Waals surface area (Å²) >= 11 is 0. The zero-order valence-corrected chi connectivity index (χ0v) is 17.3. The molecule has 0 aliphatic carbocycles. The molecule has 1 fully saturated rings. The van der Waals surface area contributed by atoms with E-state index in [1.807, 2.05) is 23.1 Å². The van der Waals surface area contributed by atoms with Gasteiger partial charge in [0.15, 0.2) is 5.96 Å². The minimum Gasteiger partial charge on any atom is -0.370 e. The van der Waals surface area contributed by atoms with Gasteiger partial charge in [-0.15, -0.1) is 24.0 Å². The summed E-state index contributed by atoms with van der Waals surface area (Å²) in [7, 11) is 0. The Labute approximate surface area is 167 Å². The molecule has 3 rings (SSSR count). The lowest BCUT2D eigenvalue weighted by atomic mass is 10.0. The fourth-order valence-corrected chi connectivity index (χ4v) is 3.65. The Hall–Kier alpha value is -1.31. The molecule has 0 saturated carbocycles. The van der Waals surface area contributed by atoms with Crippen LogP contribution in [0.25, 0.3) is 0 Å². The zero-order valence-electron chi connectivity index (χ0n) is 15.0. The van der Waals surface area contributed by atoms with Gasteiger partial charge in [-0.1, -0.05) is 25.1 Å². The van der Waals surface area contributed by atoms with Crippen LogP contribution in [0.4, 0.5) is 5.69 Å². The number of nitrogens with zero attached hydrogens (tertiary/aromatic N) is 3. The Morgan fingerprint density at radius 3 is 2.92 bits per heavy atom. The van der Waals surface area contributed by atoms with Crippen molar-refractivity contribution in [2.24, 2.45) is 16.6 Å². The number of guanidine groups is 1. The number of amides is 1. The van der Waals surface area contributed by atoms with Gasteiger partial charge in [0.05, 0.1) is 0 Å². The fourth-order valence-electron chi connectivity index (χ4n) is 3.65. The summed E-state index contributed by atoms with van der Waals surface area (Å²) in [6.07, 6.45) is 4.70. The molecule has 2 aliphatic rings. The van der Waals surface area contributed by atoms with Crippen molar-refractivity contribution < 1.29 is 4.79 Å². The van der Waals surface area contributed by atoms with Gasteiger partial charge in [-0.3, -0.25) is 9.79 Å². The summed E-state index contributed by atoms with van der Waals surface area (Å²) in [4.78, 5) is 21.0. The monoisotopic (exact) mass is 456 g/mol. The predicted octanol–water partition coefficient (Wildman–Crippen LogP) is 3.02.